The number of aliphatic carboxylic acids is 4. The first-order valence-electron chi connectivity index (χ1n) is 7.75. The molecule has 2 atom stereocenters. The van der Waals surface area contributed by atoms with E-state index in [-0.39, 0.29) is 12.8 Å². The standard InChI is InChI=1S/C10H19O7PS.C4H6O5/c1-5-10(6-2,9(13)14)7(8(11)12)19-18(15,16-3)17-4;5-2(4(8)9)1-3(6)7/h7H,5-6H2,1-4H3,(H,11,12)(H,13,14);2,5H,1H2,(H,6,7)(H,8,9). The molecule has 0 aliphatic carbocycles. The van der Waals surface area contributed by atoms with Crippen LogP contribution < -0.4 is 0 Å². The average Bonchev–Trinajstić information content (AvgIpc) is 2.61. The summed E-state index contributed by atoms with van der Waals surface area (Å²) in [5.74, 6) is -5.44. The first-order chi connectivity index (χ1) is 12.8. The fourth-order valence-corrected chi connectivity index (χ4v) is 5.43. The Kier molecular flexibility index (Phi) is 13.0. The second kappa shape index (κ2) is 12.7. The average molecular weight is 448 g/mol. The maximum Gasteiger partial charge on any atom is 0.389 e. The number of carboxylic acids is 4. The highest BCUT2D eigenvalue weighted by Gasteiger charge is 2.51. The van der Waals surface area contributed by atoms with Gasteiger partial charge in [-0.15, -0.1) is 0 Å². The van der Waals surface area contributed by atoms with E-state index < -0.39 is 53.9 Å². The monoisotopic (exact) mass is 448 g/mol. The van der Waals surface area contributed by atoms with Crippen LogP contribution in [0.1, 0.15) is 33.1 Å². The van der Waals surface area contributed by atoms with Crippen molar-refractivity contribution in [3.05, 3.63) is 0 Å². The van der Waals surface area contributed by atoms with Crippen molar-refractivity contribution in [3.63, 3.8) is 0 Å². The Balaban J connectivity index is 0. The zero-order valence-corrected chi connectivity index (χ0v) is 17.4. The molecular formula is C14H25O12PS. The third-order valence-corrected chi connectivity index (χ3v) is 8.07. The van der Waals surface area contributed by atoms with Gasteiger partial charge in [-0.3, -0.25) is 14.4 Å². The van der Waals surface area contributed by atoms with Crippen molar-refractivity contribution in [3.8, 4) is 0 Å². The van der Waals surface area contributed by atoms with Crippen LogP contribution in [0.15, 0.2) is 0 Å². The van der Waals surface area contributed by atoms with Crippen molar-refractivity contribution < 1.29 is 58.3 Å². The van der Waals surface area contributed by atoms with Crippen LogP contribution in [0.25, 0.3) is 0 Å². The van der Waals surface area contributed by atoms with Crippen molar-refractivity contribution >= 4 is 42.1 Å². The molecule has 0 aromatic heterocycles. The fraction of sp³-hybridized carbons (Fsp3) is 0.714. The van der Waals surface area contributed by atoms with Gasteiger partial charge in [-0.1, -0.05) is 13.8 Å². The third kappa shape index (κ3) is 8.57. The van der Waals surface area contributed by atoms with Gasteiger partial charge in [-0.25, -0.2) is 9.36 Å². The highest BCUT2D eigenvalue weighted by atomic mass is 32.7. The Morgan fingerprint density at radius 1 is 0.964 bits per heavy atom. The second-order valence-corrected chi connectivity index (χ2v) is 9.54. The summed E-state index contributed by atoms with van der Waals surface area (Å²) < 4.78 is 21.4. The fourth-order valence-electron chi connectivity index (χ4n) is 1.96. The molecule has 0 spiro atoms. The molecule has 28 heavy (non-hydrogen) atoms. The van der Waals surface area contributed by atoms with Gasteiger partial charge in [-0.05, 0) is 24.2 Å². The van der Waals surface area contributed by atoms with Crippen LogP contribution in [0.2, 0.25) is 0 Å². The molecule has 5 N–H and O–H groups in total. The van der Waals surface area contributed by atoms with Crippen LogP contribution in [-0.2, 0) is 32.8 Å². The van der Waals surface area contributed by atoms with E-state index in [0.717, 1.165) is 14.2 Å². The third-order valence-electron chi connectivity index (χ3n) is 3.75. The molecule has 0 aliphatic rings. The van der Waals surface area contributed by atoms with E-state index in [1.165, 1.54) is 0 Å². The first-order valence-corrected chi connectivity index (χ1v) is 10.8. The Bertz CT molecular complexity index is 595. The minimum absolute atomic E-state index is 0.0935. The molecule has 0 aliphatic heterocycles. The molecule has 0 bridgehead atoms. The predicted molar refractivity (Wildman–Crippen MR) is 97.2 cm³/mol. The summed E-state index contributed by atoms with van der Waals surface area (Å²) in [6.45, 7) is -0.517. The van der Waals surface area contributed by atoms with Crippen molar-refractivity contribution in [2.75, 3.05) is 14.2 Å². The summed E-state index contributed by atoms with van der Waals surface area (Å²) in [5, 5.41) is 41.3. The minimum Gasteiger partial charge on any atom is -0.481 e. The Labute approximate surface area is 165 Å². The Morgan fingerprint density at radius 3 is 1.57 bits per heavy atom. The Hall–Kier alpha value is -1.66. The highest BCUT2D eigenvalue weighted by molar-refractivity contribution is 8.55. The van der Waals surface area contributed by atoms with Crippen molar-refractivity contribution in [1.29, 1.82) is 0 Å². The number of carbonyl (C=O) groups is 4. The molecule has 14 heteroatoms. The molecule has 0 aromatic carbocycles. The SMILES string of the molecule is CCC(CC)(C(=O)O)C(SP(=O)(OC)OC)C(=O)O.O=C(O)CC(O)C(=O)O. The smallest absolute Gasteiger partial charge is 0.389 e. The maximum atomic E-state index is 12.0. The largest absolute Gasteiger partial charge is 0.481 e. The molecule has 0 saturated heterocycles. The van der Waals surface area contributed by atoms with E-state index in [1.807, 2.05) is 0 Å². The summed E-state index contributed by atoms with van der Waals surface area (Å²) >= 11 is 0.415. The molecule has 2 unspecified atom stereocenters. The first kappa shape index (κ1) is 28.5. The zero-order valence-electron chi connectivity index (χ0n) is 15.7. The van der Waals surface area contributed by atoms with E-state index in [1.54, 1.807) is 13.8 Å². The van der Waals surface area contributed by atoms with Crippen molar-refractivity contribution in [1.82, 2.24) is 0 Å². The zero-order chi connectivity index (χ0) is 22.7. The van der Waals surface area contributed by atoms with Gasteiger partial charge < -0.3 is 34.6 Å². The molecule has 0 aromatic rings. The van der Waals surface area contributed by atoms with Crippen LogP contribution in [0, 0.1) is 5.41 Å². The highest BCUT2D eigenvalue weighted by Crippen LogP contribution is 2.64. The normalized spacial score (nSPS) is 13.6. The quantitative estimate of drug-likeness (QED) is 0.268. The van der Waals surface area contributed by atoms with Crippen molar-refractivity contribution in [2.24, 2.45) is 5.41 Å². The van der Waals surface area contributed by atoms with E-state index in [9.17, 15) is 34.0 Å². The minimum atomic E-state index is -3.68. The molecule has 0 rings (SSSR count). The number of carboxylic acid groups (broad SMARTS) is 4. The summed E-state index contributed by atoms with van der Waals surface area (Å²) in [4.78, 5) is 42.2. The van der Waals surface area contributed by atoms with Crippen LogP contribution in [0.3, 0.4) is 0 Å². The lowest BCUT2D eigenvalue weighted by Crippen LogP contribution is -2.44. The Morgan fingerprint density at radius 2 is 1.39 bits per heavy atom. The number of aliphatic hydroxyl groups excluding tert-OH is 1. The van der Waals surface area contributed by atoms with Crippen LogP contribution in [0.4, 0.5) is 0 Å². The van der Waals surface area contributed by atoms with Gasteiger partial charge in [0.15, 0.2) is 6.10 Å². The lowest BCUT2D eigenvalue weighted by atomic mass is 9.79. The molecule has 12 nitrogen and oxygen atoms in total. The number of hydrogen-bond donors (Lipinski definition) is 5. The van der Waals surface area contributed by atoms with Gasteiger partial charge in [0, 0.05) is 14.2 Å². The number of rotatable bonds is 12. The van der Waals surface area contributed by atoms with E-state index in [0.29, 0.717) is 11.4 Å². The van der Waals surface area contributed by atoms with Gasteiger partial charge in [-0.2, -0.15) is 0 Å². The molecule has 0 amide bonds. The van der Waals surface area contributed by atoms with E-state index in [2.05, 4.69) is 9.05 Å². The van der Waals surface area contributed by atoms with Crippen LogP contribution in [0.5, 0.6) is 0 Å². The molecule has 0 fully saturated rings. The summed E-state index contributed by atoms with van der Waals surface area (Å²) in [5.41, 5.74) is -1.52. The number of aliphatic hydroxyl groups is 1. The van der Waals surface area contributed by atoms with Gasteiger partial charge in [0.2, 0.25) is 0 Å². The molecule has 0 heterocycles. The number of hydrogen-bond acceptors (Lipinski definition) is 9. The molecule has 0 saturated carbocycles. The van der Waals surface area contributed by atoms with Gasteiger partial charge in [0.1, 0.15) is 5.25 Å². The van der Waals surface area contributed by atoms with Crippen LogP contribution >= 0.6 is 18.2 Å². The second-order valence-electron chi connectivity index (χ2n) is 5.26. The van der Waals surface area contributed by atoms with Crippen molar-refractivity contribution in [2.45, 2.75) is 44.5 Å². The summed E-state index contributed by atoms with van der Waals surface area (Å²) in [6.07, 6.45) is -2.36. The predicted octanol–water partition coefficient (Wildman–Crippen LogP) is 1.37. The molecule has 164 valence electrons. The van der Waals surface area contributed by atoms with E-state index >= 15 is 0 Å². The lowest BCUT2D eigenvalue weighted by molar-refractivity contribution is -0.155. The molecular weight excluding hydrogens is 423 g/mol. The van der Waals surface area contributed by atoms with Gasteiger partial charge >= 0.3 is 30.7 Å². The lowest BCUT2D eigenvalue weighted by Gasteiger charge is -2.33. The molecule has 0 radical (unpaired) electrons. The summed E-state index contributed by atoms with van der Waals surface area (Å²) in [6, 6.07) is 0. The van der Waals surface area contributed by atoms with E-state index in [4.69, 9.17) is 15.3 Å². The van der Waals surface area contributed by atoms with Gasteiger partial charge in [0.25, 0.3) is 0 Å². The topological polar surface area (TPSA) is 205 Å². The van der Waals surface area contributed by atoms with Gasteiger partial charge in [0.05, 0.1) is 11.8 Å². The summed E-state index contributed by atoms with van der Waals surface area (Å²) in [7, 11) is 2.24. The van der Waals surface area contributed by atoms with Crippen LogP contribution in [-0.4, -0.2) is 75.0 Å². The maximum absolute atomic E-state index is 12.0.